The van der Waals surface area contributed by atoms with Crippen molar-refractivity contribution < 1.29 is 19.2 Å². The van der Waals surface area contributed by atoms with E-state index in [1.54, 1.807) is 17.9 Å². The number of aliphatic hydroxyl groups excluding tert-OH is 1. The van der Waals surface area contributed by atoms with E-state index in [1.165, 1.54) is 7.11 Å². The van der Waals surface area contributed by atoms with Crippen molar-refractivity contribution in [3.8, 4) is 0 Å². The van der Waals surface area contributed by atoms with Crippen LogP contribution in [0.1, 0.15) is 37.0 Å². The lowest BCUT2D eigenvalue weighted by Crippen LogP contribution is -2.41. The lowest BCUT2D eigenvalue weighted by Gasteiger charge is -2.26. The molecule has 0 aliphatic carbocycles. The summed E-state index contributed by atoms with van der Waals surface area (Å²) in [6, 6.07) is 1.54. The van der Waals surface area contributed by atoms with Gasteiger partial charge in [-0.2, -0.15) is 0 Å². The molecule has 0 saturated heterocycles. The van der Waals surface area contributed by atoms with E-state index in [0.717, 1.165) is 0 Å². The molecule has 0 aliphatic rings. The highest BCUT2D eigenvalue weighted by atomic mass is 16.5. The first-order chi connectivity index (χ1) is 8.45. The zero-order valence-corrected chi connectivity index (χ0v) is 11.2. The SMILES string of the molecule is COCc1cc(C(=O)N(CC(C)O)C(C)C)no1. The van der Waals surface area contributed by atoms with Gasteiger partial charge in [0.05, 0.1) is 6.10 Å². The highest BCUT2D eigenvalue weighted by Crippen LogP contribution is 2.11. The quantitative estimate of drug-likeness (QED) is 0.823. The molecule has 6 nitrogen and oxygen atoms in total. The number of hydrogen-bond donors (Lipinski definition) is 1. The summed E-state index contributed by atoms with van der Waals surface area (Å²) < 4.78 is 9.87. The minimum Gasteiger partial charge on any atom is -0.392 e. The van der Waals surface area contributed by atoms with Crippen LogP contribution in [-0.2, 0) is 11.3 Å². The zero-order chi connectivity index (χ0) is 13.7. The highest BCUT2D eigenvalue weighted by molar-refractivity contribution is 5.92. The van der Waals surface area contributed by atoms with Gasteiger partial charge in [-0.3, -0.25) is 4.79 Å². The summed E-state index contributed by atoms with van der Waals surface area (Å²) in [4.78, 5) is 13.7. The van der Waals surface area contributed by atoms with Crippen molar-refractivity contribution in [2.24, 2.45) is 0 Å². The molecule has 0 fully saturated rings. The smallest absolute Gasteiger partial charge is 0.276 e. The number of methoxy groups -OCH3 is 1. The average molecular weight is 256 g/mol. The summed E-state index contributed by atoms with van der Waals surface area (Å²) in [5, 5.41) is 13.1. The van der Waals surface area contributed by atoms with Gasteiger partial charge in [-0.25, -0.2) is 0 Å². The highest BCUT2D eigenvalue weighted by Gasteiger charge is 2.23. The maximum absolute atomic E-state index is 12.2. The van der Waals surface area contributed by atoms with Crippen molar-refractivity contribution in [3.05, 3.63) is 17.5 Å². The summed E-state index contributed by atoms with van der Waals surface area (Å²) in [6.45, 7) is 5.95. The zero-order valence-electron chi connectivity index (χ0n) is 11.2. The average Bonchev–Trinajstić information content (AvgIpc) is 2.73. The molecular formula is C12H20N2O4. The number of aliphatic hydroxyl groups is 1. The molecular weight excluding hydrogens is 236 g/mol. The van der Waals surface area contributed by atoms with Gasteiger partial charge in [0.1, 0.15) is 6.61 Å². The van der Waals surface area contributed by atoms with Crippen molar-refractivity contribution in [3.63, 3.8) is 0 Å². The normalized spacial score (nSPS) is 12.8. The van der Waals surface area contributed by atoms with E-state index in [2.05, 4.69) is 5.16 Å². The Morgan fingerprint density at radius 3 is 2.72 bits per heavy atom. The molecule has 102 valence electrons. The largest absolute Gasteiger partial charge is 0.392 e. The van der Waals surface area contributed by atoms with Gasteiger partial charge in [-0.05, 0) is 20.8 Å². The predicted molar refractivity (Wildman–Crippen MR) is 65.1 cm³/mol. The molecule has 0 aliphatic heterocycles. The summed E-state index contributed by atoms with van der Waals surface area (Å²) >= 11 is 0. The number of rotatable bonds is 6. The molecule has 1 N–H and O–H groups in total. The van der Waals surface area contributed by atoms with Gasteiger partial charge in [0, 0.05) is 25.8 Å². The molecule has 0 bridgehead atoms. The third-order valence-corrected chi connectivity index (χ3v) is 2.41. The molecule has 1 rings (SSSR count). The number of carbonyl (C=O) groups excluding carboxylic acids is 1. The van der Waals surface area contributed by atoms with Crippen molar-refractivity contribution >= 4 is 5.91 Å². The second-order valence-electron chi connectivity index (χ2n) is 4.51. The van der Waals surface area contributed by atoms with Crippen LogP contribution < -0.4 is 0 Å². The Bertz CT molecular complexity index is 387. The van der Waals surface area contributed by atoms with E-state index in [9.17, 15) is 9.90 Å². The number of carbonyl (C=O) groups is 1. The van der Waals surface area contributed by atoms with Gasteiger partial charge in [-0.1, -0.05) is 5.16 Å². The van der Waals surface area contributed by atoms with Crippen LogP contribution in [0.15, 0.2) is 10.6 Å². The van der Waals surface area contributed by atoms with Crippen molar-refractivity contribution in [2.45, 2.75) is 39.5 Å². The monoisotopic (exact) mass is 256 g/mol. The van der Waals surface area contributed by atoms with Crippen LogP contribution in [0.25, 0.3) is 0 Å². The number of amides is 1. The Hall–Kier alpha value is -1.40. The van der Waals surface area contributed by atoms with E-state index in [4.69, 9.17) is 9.26 Å². The molecule has 1 amide bonds. The standard InChI is InChI=1S/C12H20N2O4/c1-8(2)14(6-9(3)15)12(16)11-5-10(7-17-4)18-13-11/h5,8-9,15H,6-7H2,1-4H3. The third-order valence-electron chi connectivity index (χ3n) is 2.41. The Kier molecular flexibility index (Phi) is 5.30. The van der Waals surface area contributed by atoms with E-state index >= 15 is 0 Å². The van der Waals surface area contributed by atoms with Crippen LogP contribution in [-0.4, -0.2) is 46.9 Å². The first-order valence-corrected chi connectivity index (χ1v) is 5.89. The molecule has 1 aromatic rings. The minimum atomic E-state index is -0.582. The Labute approximate surface area is 107 Å². The number of ether oxygens (including phenoxy) is 1. The van der Waals surface area contributed by atoms with Crippen LogP contribution in [0.5, 0.6) is 0 Å². The van der Waals surface area contributed by atoms with Crippen molar-refractivity contribution in [1.82, 2.24) is 10.1 Å². The van der Waals surface area contributed by atoms with E-state index in [0.29, 0.717) is 5.76 Å². The van der Waals surface area contributed by atoms with Gasteiger partial charge < -0.3 is 19.3 Å². The Balaban J connectivity index is 2.81. The second-order valence-corrected chi connectivity index (χ2v) is 4.51. The lowest BCUT2D eigenvalue weighted by atomic mass is 10.2. The first kappa shape index (κ1) is 14.7. The summed E-state index contributed by atoms with van der Waals surface area (Å²) in [6.07, 6.45) is -0.582. The van der Waals surface area contributed by atoms with Gasteiger partial charge in [0.15, 0.2) is 11.5 Å². The van der Waals surface area contributed by atoms with Crippen LogP contribution >= 0.6 is 0 Å². The maximum Gasteiger partial charge on any atom is 0.276 e. The van der Waals surface area contributed by atoms with E-state index in [1.807, 2.05) is 13.8 Å². The molecule has 1 atom stereocenters. The van der Waals surface area contributed by atoms with E-state index in [-0.39, 0.29) is 30.8 Å². The molecule has 0 saturated carbocycles. The molecule has 1 heterocycles. The van der Waals surface area contributed by atoms with Gasteiger partial charge in [0.2, 0.25) is 0 Å². The lowest BCUT2D eigenvalue weighted by molar-refractivity contribution is 0.0568. The summed E-state index contributed by atoms with van der Waals surface area (Å²) in [5.41, 5.74) is 0.233. The number of aromatic nitrogens is 1. The molecule has 1 aromatic heterocycles. The van der Waals surface area contributed by atoms with Crippen molar-refractivity contribution in [2.75, 3.05) is 13.7 Å². The van der Waals surface area contributed by atoms with Crippen LogP contribution in [0, 0.1) is 0 Å². The third kappa shape index (κ3) is 3.82. The van der Waals surface area contributed by atoms with Crippen molar-refractivity contribution in [1.29, 1.82) is 0 Å². The van der Waals surface area contributed by atoms with Crippen LogP contribution in [0.3, 0.4) is 0 Å². The summed E-state index contributed by atoms with van der Waals surface area (Å²) in [7, 11) is 1.54. The fourth-order valence-electron chi connectivity index (χ4n) is 1.58. The van der Waals surface area contributed by atoms with Gasteiger partial charge in [-0.15, -0.1) is 0 Å². The molecule has 6 heteroatoms. The fraction of sp³-hybridized carbons (Fsp3) is 0.667. The number of nitrogens with zero attached hydrogens (tertiary/aromatic N) is 2. The molecule has 0 spiro atoms. The summed E-state index contributed by atoms with van der Waals surface area (Å²) in [5.74, 6) is 0.249. The molecule has 0 radical (unpaired) electrons. The van der Waals surface area contributed by atoms with E-state index < -0.39 is 6.10 Å². The first-order valence-electron chi connectivity index (χ1n) is 5.89. The maximum atomic E-state index is 12.2. The fourth-order valence-corrected chi connectivity index (χ4v) is 1.58. The second kappa shape index (κ2) is 6.51. The topological polar surface area (TPSA) is 75.8 Å². The predicted octanol–water partition coefficient (Wildman–Crippen LogP) is 1.05. The molecule has 1 unspecified atom stereocenters. The van der Waals surface area contributed by atoms with Crippen LogP contribution in [0.2, 0.25) is 0 Å². The Morgan fingerprint density at radius 1 is 1.56 bits per heavy atom. The molecule has 0 aromatic carbocycles. The van der Waals surface area contributed by atoms with Crippen LogP contribution in [0.4, 0.5) is 0 Å². The Morgan fingerprint density at radius 2 is 2.22 bits per heavy atom. The van der Waals surface area contributed by atoms with Gasteiger partial charge >= 0.3 is 0 Å². The van der Waals surface area contributed by atoms with Gasteiger partial charge in [0.25, 0.3) is 5.91 Å². The molecule has 18 heavy (non-hydrogen) atoms. The number of hydrogen-bond acceptors (Lipinski definition) is 5. The minimum absolute atomic E-state index is 0.0188.